The molecule has 2 aromatic rings. The number of amides is 1. The van der Waals surface area contributed by atoms with Crippen LogP contribution in [0, 0.1) is 6.92 Å². The molecule has 24 heavy (non-hydrogen) atoms. The Labute approximate surface area is 148 Å². The smallest absolute Gasteiger partial charge is 0.246 e. The summed E-state index contributed by atoms with van der Waals surface area (Å²) in [7, 11) is 0. The third-order valence-electron chi connectivity index (χ3n) is 4.24. The Morgan fingerprint density at radius 1 is 1.38 bits per heavy atom. The Morgan fingerprint density at radius 3 is 2.92 bits per heavy atom. The van der Waals surface area contributed by atoms with E-state index in [1.807, 2.05) is 25.1 Å². The van der Waals surface area contributed by atoms with E-state index in [2.05, 4.69) is 26.3 Å². The number of ether oxygens (including phenoxy) is 1. The average molecular weight is 353 g/mol. The first-order chi connectivity index (χ1) is 11.2. The number of carbonyl (C=O) groups excluding carboxylic acids is 1. The Kier molecular flexibility index (Phi) is 7.02. The number of carbonyl (C=O) groups is 1. The van der Waals surface area contributed by atoms with Crippen LogP contribution in [0.5, 0.6) is 0 Å². The molecule has 2 heterocycles. The van der Waals surface area contributed by atoms with Gasteiger partial charge < -0.3 is 19.9 Å². The Hall–Kier alpha value is -1.63. The van der Waals surface area contributed by atoms with E-state index in [1.54, 1.807) is 0 Å². The topological polar surface area (TPSA) is 68.2 Å². The van der Waals surface area contributed by atoms with Gasteiger partial charge in [0.1, 0.15) is 12.4 Å². The Bertz CT molecular complexity index is 668. The molecule has 3 rings (SSSR count). The lowest BCUT2D eigenvalue weighted by molar-refractivity contribution is -0.128. The summed E-state index contributed by atoms with van der Waals surface area (Å²) in [6.45, 7) is 5.37. The van der Waals surface area contributed by atoms with Crippen LogP contribution in [0.25, 0.3) is 11.0 Å². The van der Waals surface area contributed by atoms with Gasteiger partial charge in [0.25, 0.3) is 0 Å². The summed E-state index contributed by atoms with van der Waals surface area (Å²) in [4.78, 5) is 16.4. The first-order valence-electron chi connectivity index (χ1n) is 8.25. The van der Waals surface area contributed by atoms with Crippen LogP contribution in [0.4, 0.5) is 0 Å². The SMILES string of the molecule is Cc1nc2ccccc2n1CCNC(=O)COC1CCNCC1.Cl. The maximum absolute atomic E-state index is 11.9. The molecule has 2 N–H and O–H groups in total. The fourth-order valence-corrected chi connectivity index (χ4v) is 2.99. The average Bonchev–Trinajstić information content (AvgIpc) is 2.90. The first kappa shape index (κ1) is 18.7. The minimum Gasteiger partial charge on any atom is -0.368 e. The second kappa shape index (κ2) is 9.01. The third kappa shape index (κ3) is 4.69. The highest BCUT2D eigenvalue weighted by Gasteiger charge is 2.14. The molecule has 0 spiro atoms. The number of benzene rings is 1. The third-order valence-corrected chi connectivity index (χ3v) is 4.24. The number of nitrogens with zero attached hydrogens (tertiary/aromatic N) is 2. The Balaban J connectivity index is 0.00000208. The van der Waals surface area contributed by atoms with Crippen molar-refractivity contribution in [2.24, 2.45) is 0 Å². The van der Waals surface area contributed by atoms with Gasteiger partial charge in [-0.2, -0.15) is 0 Å². The highest BCUT2D eigenvalue weighted by atomic mass is 35.5. The van der Waals surface area contributed by atoms with E-state index in [0.717, 1.165) is 42.8 Å². The number of fused-ring (bicyclic) bond motifs is 1. The van der Waals surface area contributed by atoms with E-state index < -0.39 is 0 Å². The van der Waals surface area contributed by atoms with Crippen molar-refractivity contribution in [1.82, 2.24) is 20.2 Å². The molecule has 1 aromatic carbocycles. The fourth-order valence-electron chi connectivity index (χ4n) is 2.99. The monoisotopic (exact) mass is 352 g/mol. The molecule has 6 nitrogen and oxygen atoms in total. The highest BCUT2D eigenvalue weighted by Crippen LogP contribution is 2.14. The van der Waals surface area contributed by atoms with Crippen molar-refractivity contribution >= 4 is 29.3 Å². The standard InChI is InChI=1S/C17H24N4O2.ClH/c1-13-20-15-4-2-3-5-16(15)21(13)11-10-19-17(22)12-23-14-6-8-18-9-7-14;/h2-5,14,18H,6-12H2,1H3,(H,19,22);1H. The number of hydrogen-bond acceptors (Lipinski definition) is 4. The maximum atomic E-state index is 11.9. The molecule has 0 bridgehead atoms. The molecule has 0 radical (unpaired) electrons. The molecular weight excluding hydrogens is 328 g/mol. The van der Waals surface area contributed by atoms with Crippen molar-refractivity contribution < 1.29 is 9.53 Å². The fraction of sp³-hybridized carbons (Fsp3) is 0.529. The van der Waals surface area contributed by atoms with Crippen LogP contribution in [0.2, 0.25) is 0 Å². The number of halogens is 1. The molecule has 7 heteroatoms. The summed E-state index contributed by atoms with van der Waals surface area (Å²) in [6.07, 6.45) is 2.17. The summed E-state index contributed by atoms with van der Waals surface area (Å²) in [5.74, 6) is 0.914. The van der Waals surface area contributed by atoms with Crippen molar-refractivity contribution in [3.05, 3.63) is 30.1 Å². The number of piperidine rings is 1. The minimum atomic E-state index is -0.0504. The van der Waals surface area contributed by atoms with Gasteiger partial charge in [-0.05, 0) is 45.0 Å². The summed E-state index contributed by atoms with van der Waals surface area (Å²) in [5.41, 5.74) is 2.09. The summed E-state index contributed by atoms with van der Waals surface area (Å²) >= 11 is 0. The first-order valence-corrected chi connectivity index (χ1v) is 8.25. The zero-order valence-corrected chi connectivity index (χ0v) is 14.8. The van der Waals surface area contributed by atoms with Crippen LogP contribution in [0.15, 0.2) is 24.3 Å². The van der Waals surface area contributed by atoms with Crippen molar-refractivity contribution in [2.75, 3.05) is 26.2 Å². The zero-order valence-electron chi connectivity index (χ0n) is 14.0. The van der Waals surface area contributed by atoms with E-state index in [-0.39, 0.29) is 31.0 Å². The van der Waals surface area contributed by atoms with Crippen molar-refractivity contribution in [3.8, 4) is 0 Å². The van der Waals surface area contributed by atoms with Gasteiger partial charge in [-0.3, -0.25) is 4.79 Å². The molecule has 1 aliphatic rings. The molecule has 1 fully saturated rings. The number of rotatable bonds is 6. The van der Waals surface area contributed by atoms with Crippen LogP contribution in [-0.2, 0) is 16.1 Å². The minimum absolute atomic E-state index is 0. The van der Waals surface area contributed by atoms with E-state index in [0.29, 0.717) is 13.1 Å². The Morgan fingerprint density at radius 2 is 2.12 bits per heavy atom. The number of nitrogens with one attached hydrogen (secondary N) is 2. The molecule has 132 valence electrons. The molecule has 0 unspecified atom stereocenters. The number of imidazole rings is 1. The molecule has 0 saturated carbocycles. The van der Waals surface area contributed by atoms with E-state index in [4.69, 9.17) is 4.74 Å². The van der Waals surface area contributed by atoms with Gasteiger partial charge in [-0.25, -0.2) is 4.98 Å². The predicted octanol–water partition coefficient (Wildman–Crippen LogP) is 1.65. The molecule has 0 atom stereocenters. The number of para-hydroxylation sites is 2. The van der Waals surface area contributed by atoms with Gasteiger partial charge in [-0.15, -0.1) is 12.4 Å². The van der Waals surface area contributed by atoms with E-state index >= 15 is 0 Å². The van der Waals surface area contributed by atoms with Crippen molar-refractivity contribution in [2.45, 2.75) is 32.4 Å². The molecule has 1 amide bonds. The number of aryl methyl sites for hydroxylation is 1. The molecular formula is C17H25ClN4O2. The van der Waals surface area contributed by atoms with Gasteiger partial charge in [-0.1, -0.05) is 12.1 Å². The maximum Gasteiger partial charge on any atom is 0.246 e. The second-order valence-corrected chi connectivity index (χ2v) is 5.91. The van der Waals surface area contributed by atoms with E-state index in [1.165, 1.54) is 0 Å². The van der Waals surface area contributed by atoms with Crippen molar-refractivity contribution in [3.63, 3.8) is 0 Å². The molecule has 1 aromatic heterocycles. The van der Waals surface area contributed by atoms with Crippen LogP contribution in [-0.4, -0.2) is 47.8 Å². The lowest BCUT2D eigenvalue weighted by Crippen LogP contribution is -2.36. The van der Waals surface area contributed by atoms with Gasteiger partial charge >= 0.3 is 0 Å². The number of hydrogen-bond donors (Lipinski definition) is 2. The zero-order chi connectivity index (χ0) is 16.1. The lowest BCUT2D eigenvalue weighted by Gasteiger charge is -2.22. The highest BCUT2D eigenvalue weighted by molar-refractivity contribution is 5.85. The molecule has 0 aliphatic carbocycles. The van der Waals surface area contributed by atoms with Gasteiger partial charge in [0.15, 0.2) is 0 Å². The van der Waals surface area contributed by atoms with Crippen LogP contribution in [0.3, 0.4) is 0 Å². The normalized spacial score (nSPS) is 15.2. The van der Waals surface area contributed by atoms with Crippen molar-refractivity contribution in [1.29, 1.82) is 0 Å². The van der Waals surface area contributed by atoms with Gasteiger partial charge in [0.05, 0.1) is 17.1 Å². The van der Waals surface area contributed by atoms with Gasteiger partial charge in [0.2, 0.25) is 5.91 Å². The molecule has 1 saturated heterocycles. The lowest BCUT2D eigenvalue weighted by atomic mass is 10.1. The summed E-state index contributed by atoms with van der Waals surface area (Å²) in [6, 6.07) is 8.05. The quantitative estimate of drug-likeness (QED) is 0.829. The summed E-state index contributed by atoms with van der Waals surface area (Å²) < 4.78 is 7.78. The molecule has 1 aliphatic heterocycles. The van der Waals surface area contributed by atoms with Crippen LogP contribution < -0.4 is 10.6 Å². The number of aromatic nitrogens is 2. The second-order valence-electron chi connectivity index (χ2n) is 5.91. The largest absolute Gasteiger partial charge is 0.368 e. The van der Waals surface area contributed by atoms with Crippen LogP contribution in [0.1, 0.15) is 18.7 Å². The summed E-state index contributed by atoms with van der Waals surface area (Å²) in [5, 5.41) is 6.21. The van der Waals surface area contributed by atoms with Crippen LogP contribution >= 0.6 is 12.4 Å². The van der Waals surface area contributed by atoms with E-state index in [9.17, 15) is 4.79 Å². The van der Waals surface area contributed by atoms with Gasteiger partial charge in [0, 0.05) is 13.1 Å². The predicted molar refractivity (Wildman–Crippen MR) is 96.6 cm³/mol.